The molecule has 112 valence electrons. The molecule has 1 saturated carbocycles. The summed E-state index contributed by atoms with van der Waals surface area (Å²) in [7, 11) is 0. The first kappa shape index (κ1) is 15.9. The summed E-state index contributed by atoms with van der Waals surface area (Å²) in [6.07, 6.45) is 9.95. The van der Waals surface area contributed by atoms with Crippen molar-refractivity contribution < 1.29 is 4.74 Å². The van der Waals surface area contributed by atoms with Crippen LogP contribution in [0, 0.1) is 17.8 Å². The van der Waals surface area contributed by atoms with Crippen LogP contribution in [-0.4, -0.2) is 13.2 Å². The van der Waals surface area contributed by atoms with Crippen molar-refractivity contribution in [3.63, 3.8) is 0 Å². The lowest BCUT2D eigenvalue weighted by atomic mass is 9.83. The fourth-order valence-electron chi connectivity index (χ4n) is 2.84. The molecule has 1 fully saturated rings. The molecule has 0 radical (unpaired) electrons. The highest BCUT2D eigenvalue weighted by molar-refractivity contribution is 5.41. The second kappa shape index (κ2) is 9.42. The van der Waals surface area contributed by atoms with Crippen LogP contribution in [0.4, 0.5) is 0 Å². The third-order valence-corrected chi connectivity index (χ3v) is 4.00. The molecule has 0 aromatic heterocycles. The lowest BCUT2D eigenvalue weighted by molar-refractivity contribution is 0.152. The lowest BCUT2D eigenvalue weighted by Crippen LogP contribution is -2.08. The Labute approximate surface area is 129 Å². The van der Waals surface area contributed by atoms with Crippen LogP contribution in [0.15, 0.2) is 42.0 Å². The Morgan fingerprint density at radius 3 is 2.67 bits per heavy atom. The Morgan fingerprint density at radius 1 is 1.19 bits per heavy atom. The Hall–Kier alpha value is -1.52. The van der Waals surface area contributed by atoms with E-state index in [0.717, 1.165) is 25.2 Å². The van der Waals surface area contributed by atoms with Crippen LogP contribution in [0.1, 0.15) is 51.0 Å². The van der Waals surface area contributed by atoms with Crippen molar-refractivity contribution in [3.05, 3.63) is 47.5 Å². The summed E-state index contributed by atoms with van der Waals surface area (Å²) in [5, 5.41) is 0. The molecule has 0 heterocycles. The normalized spacial score (nSPS) is 16.3. The van der Waals surface area contributed by atoms with E-state index in [2.05, 4.69) is 30.0 Å². The van der Waals surface area contributed by atoms with E-state index in [9.17, 15) is 0 Å². The topological polar surface area (TPSA) is 9.23 Å². The van der Waals surface area contributed by atoms with Crippen LogP contribution in [0.25, 0.3) is 0 Å². The van der Waals surface area contributed by atoms with Crippen molar-refractivity contribution in [2.24, 2.45) is 5.92 Å². The van der Waals surface area contributed by atoms with E-state index >= 15 is 0 Å². The van der Waals surface area contributed by atoms with Gasteiger partial charge in [-0.1, -0.05) is 55.4 Å². The summed E-state index contributed by atoms with van der Waals surface area (Å²) in [5.41, 5.74) is 2.43. The van der Waals surface area contributed by atoms with Crippen molar-refractivity contribution in [1.82, 2.24) is 0 Å². The molecule has 0 unspecified atom stereocenters. The van der Waals surface area contributed by atoms with E-state index in [1.165, 1.54) is 37.7 Å². The zero-order chi connectivity index (χ0) is 14.8. The van der Waals surface area contributed by atoms with Crippen LogP contribution in [0.2, 0.25) is 0 Å². The number of benzene rings is 1. The average molecular weight is 282 g/mol. The quantitative estimate of drug-likeness (QED) is 0.547. The molecule has 0 saturated heterocycles. The van der Waals surface area contributed by atoms with Gasteiger partial charge in [0.1, 0.15) is 0 Å². The molecule has 0 aliphatic heterocycles. The molecule has 0 N–H and O–H groups in total. The van der Waals surface area contributed by atoms with Gasteiger partial charge >= 0.3 is 0 Å². The van der Waals surface area contributed by atoms with E-state index in [1.54, 1.807) is 0 Å². The summed E-state index contributed by atoms with van der Waals surface area (Å²) in [4.78, 5) is 0. The largest absolute Gasteiger partial charge is 0.381 e. The highest BCUT2D eigenvalue weighted by Crippen LogP contribution is 2.29. The molecule has 21 heavy (non-hydrogen) atoms. The first-order valence-electron chi connectivity index (χ1n) is 8.25. The molecule has 0 amide bonds. The van der Waals surface area contributed by atoms with Gasteiger partial charge in [-0.2, -0.15) is 0 Å². The maximum Gasteiger partial charge on any atom is 0.0500 e. The first-order chi connectivity index (χ1) is 10.4. The van der Waals surface area contributed by atoms with Crippen molar-refractivity contribution in [2.75, 3.05) is 13.2 Å². The predicted octanol–water partition coefficient (Wildman–Crippen LogP) is 4.97. The molecule has 0 atom stereocenters. The molecule has 1 nitrogen and oxygen atoms in total. The van der Waals surface area contributed by atoms with Gasteiger partial charge in [0.2, 0.25) is 0 Å². The van der Waals surface area contributed by atoms with E-state index in [-0.39, 0.29) is 0 Å². The van der Waals surface area contributed by atoms with Gasteiger partial charge in [0.05, 0.1) is 6.61 Å². The fraction of sp³-hybridized carbons (Fsp3) is 0.500. The zero-order valence-corrected chi connectivity index (χ0v) is 13.1. The van der Waals surface area contributed by atoms with Crippen molar-refractivity contribution in [2.45, 2.75) is 45.4 Å². The van der Waals surface area contributed by atoms with Gasteiger partial charge in [0, 0.05) is 17.7 Å². The van der Waals surface area contributed by atoms with E-state index in [0.29, 0.717) is 5.92 Å². The minimum atomic E-state index is 0.664. The number of allylic oxidation sites excluding steroid dienone is 1. The van der Waals surface area contributed by atoms with Crippen molar-refractivity contribution in [3.8, 4) is 11.8 Å². The van der Waals surface area contributed by atoms with Gasteiger partial charge in [0.15, 0.2) is 0 Å². The molecule has 1 aromatic rings. The Bertz CT molecular complexity index is 484. The van der Waals surface area contributed by atoms with Crippen molar-refractivity contribution >= 4 is 0 Å². The van der Waals surface area contributed by atoms with Crippen LogP contribution < -0.4 is 0 Å². The highest BCUT2D eigenvalue weighted by atomic mass is 16.5. The van der Waals surface area contributed by atoms with E-state index in [4.69, 9.17) is 4.74 Å². The van der Waals surface area contributed by atoms with E-state index in [1.807, 2.05) is 25.1 Å². The fourth-order valence-corrected chi connectivity index (χ4v) is 2.84. The Kier molecular flexibility index (Phi) is 7.12. The smallest absolute Gasteiger partial charge is 0.0500 e. The summed E-state index contributed by atoms with van der Waals surface area (Å²) in [6, 6.07) is 10.3. The molecule has 1 aliphatic carbocycles. The molecule has 1 aliphatic rings. The lowest BCUT2D eigenvalue weighted by Gasteiger charge is -2.21. The third-order valence-electron chi connectivity index (χ3n) is 4.00. The van der Waals surface area contributed by atoms with Gasteiger partial charge in [-0.3, -0.25) is 0 Å². The molecule has 1 aromatic carbocycles. The number of rotatable bonds is 5. The maximum atomic E-state index is 5.44. The molecule has 0 bridgehead atoms. The standard InChI is InChI=1S/C20H26O/c1-2-21-17-9-14-20(19-12-7-4-8-13-19)16-15-18-10-5-3-6-11-18/h3,5-6,10-11,14,19H,2,4,7-9,12-13,17H2,1H3/b20-14+. The molecule has 2 rings (SSSR count). The Morgan fingerprint density at radius 2 is 1.95 bits per heavy atom. The van der Waals surface area contributed by atoms with Crippen LogP contribution >= 0.6 is 0 Å². The van der Waals surface area contributed by atoms with Crippen LogP contribution in [-0.2, 0) is 4.74 Å². The van der Waals surface area contributed by atoms with Crippen LogP contribution in [0.5, 0.6) is 0 Å². The monoisotopic (exact) mass is 282 g/mol. The summed E-state index contributed by atoms with van der Waals surface area (Å²) < 4.78 is 5.44. The average Bonchev–Trinajstić information content (AvgIpc) is 2.56. The molecule has 0 spiro atoms. The number of hydrogen-bond acceptors (Lipinski definition) is 1. The number of ether oxygens (including phenoxy) is 1. The third kappa shape index (κ3) is 5.78. The van der Waals surface area contributed by atoms with Gasteiger partial charge < -0.3 is 4.74 Å². The first-order valence-corrected chi connectivity index (χ1v) is 8.25. The highest BCUT2D eigenvalue weighted by Gasteiger charge is 2.16. The second-order valence-electron chi connectivity index (χ2n) is 5.60. The zero-order valence-electron chi connectivity index (χ0n) is 13.1. The minimum Gasteiger partial charge on any atom is -0.381 e. The minimum absolute atomic E-state index is 0.664. The predicted molar refractivity (Wildman–Crippen MR) is 89.1 cm³/mol. The summed E-state index contributed by atoms with van der Waals surface area (Å²) in [6.45, 7) is 3.64. The molecule has 1 heteroatoms. The SMILES string of the molecule is CCOCC/C=C(\C#Cc1ccccc1)C1CCCCC1. The van der Waals surface area contributed by atoms with Gasteiger partial charge in [-0.25, -0.2) is 0 Å². The van der Waals surface area contributed by atoms with E-state index < -0.39 is 0 Å². The number of hydrogen-bond donors (Lipinski definition) is 0. The Balaban J connectivity index is 2.05. The second-order valence-corrected chi connectivity index (χ2v) is 5.60. The van der Waals surface area contributed by atoms with Crippen molar-refractivity contribution in [1.29, 1.82) is 0 Å². The van der Waals surface area contributed by atoms with Crippen LogP contribution in [0.3, 0.4) is 0 Å². The summed E-state index contributed by atoms with van der Waals surface area (Å²) in [5.74, 6) is 7.43. The maximum absolute atomic E-state index is 5.44. The molecular weight excluding hydrogens is 256 g/mol. The van der Waals surface area contributed by atoms with Gasteiger partial charge in [0.25, 0.3) is 0 Å². The molecular formula is C20H26O. The van der Waals surface area contributed by atoms with Gasteiger partial charge in [-0.15, -0.1) is 0 Å². The summed E-state index contributed by atoms with van der Waals surface area (Å²) >= 11 is 0. The van der Waals surface area contributed by atoms with Gasteiger partial charge in [-0.05, 0) is 44.2 Å².